The van der Waals surface area contributed by atoms with Crippen molar-refractivity contribution in [2.45, 2.75) is 19.8 Å². The molecule has 0 aliphatic rings. The number of aliphatic hydroxyl groups excluding tert-OH is 1. The van der Waals surface area contributed by atoms with Crippen molar-refractivity contribution in [3.05, 3.63) is 54.1 Å². The van der Waals surface area contributed by atoms with Crippen LogP contribution in [0.25, 0.3) is 0 Å². The maximum Gasteiger partial charge on any atom is 0.200 e. The monoisotopic (exact) mass is 232 g/mol. The molecule has 1 aromatic carbocycles. The zero-order valence-electron chi connectivity index (χ0n) is 9.78. The Hall–Kier alpha value is -1.65. The van der Waals surface area contributed by atoms with Gasteiger partial charge in [-0.3, -0.25) is 0 Å². The summed E-state index contributed by atoms with van der Waals surface area (Å²) in [7, 11) is 0. The molecule has 2 rings (SSSR count). The van der Waals surface area contributed by atoms with Crippen LogP contribution in [0.5, 0.6) is 0 Å². The van der Waals surface area contributed by atoms with E-state index in [1.165, 1.54) is 5.56 Å². The molecule has 1 heterocycles. The fourth-order valence-electron chi connectivity index (χ4n) is 1.63. The molecule has 2 aromatic rings. The van der Waals surface area contributed by atoms with Crippen LogP contribution in [-0.2, 0) is 11.3 Å². The molecule has 0 fully saturated rings. The van der Waals surface area contributed by atoms with Crippen LogP contribution < -0.4 is 0 Å². The van der Waals surface area contributed by atoms with Crippen LogP contribution in [0.4, 0.5) is 0 Å². The minimum absolute atomic E-state index is 0.465. The van der Waals surface area contributed by atoms with Gasteiger partial charge in [-0.1, -0.05) is 30.3 Å². The van der Waals surface area contributed by atoms with E-state index in [1.54, 1.807) is 12.5 Å². The van der Waals surface area contributed by atoms with Crippen LogP contribution in [0, 0.1) is 0 Å². The first-order valence-electron chi connectivity index (χ1n) is 5.65. The predicted molar refractivity (Wildman–Crippen MR) is 64.4 cm³/mol. The third kappa shape index (κ3) is 3.15. The van der Waals surface area contributed by atoms with E-state index < -0.39 is 6.29 Å². The maximum atomic E-state index is 9.60. The van der Waals surface area contributed by atoms with Gasteiger partial charge in [0.1, 0.15) is 5.69 Å². The Morgan fingerprint density at radius 3 is 2.82 bits per heavy atom. The summed E-state index contributed by atoms with van der Waals surface area (Å²) in [5.41, 5.74) is 1.74. The molecule has 0 aliphatic heterocycles. The van der Waals surface area contributed by atoms with Gasteiger partial charge in [0.15, 0.2) is 6.29 Å². The first-order chi connectivity index (χ1) is 8.29. The molecule has 0 bridgehead atoms. The Kier molecular flexibility index (Phi) is 3.90. The summed E-state index contributed by atoms with van der Waals surface area (Å²) in [6, 6.07) is 10.1. The fourth-order valence-corrected chi connectivity index (χ4v) is 1.63. The summed E-state index contributed by atoms with van der Waals surface area (Å²) in [4.78, 5) is 4.12. The van der Waals surface area contributed by atoms with E-state index in [0.717, 1.165) is 6.54 Å². The van der Waals surface area contributed by atoms with Crippen LogP contribution >= 0.6 is 0 Å². The molecule has 0 saturated heterocycles. The van der Waals surface area contributed by atoms with E-state index >= 15 is 0 Å². The minimum Gasteiger partial charge on any atom is -0.363 e. The second-order valence-corrected chi connectivity index (χ2v) is 3.76. The van der Waals surface area contributed by atoms with Crippen LogP contribution in [0.1, 0.15) is 24.5 Å². The largest absolute Gasteiger partial charge is 0.363 e. The number of imidazole rings is 1. The minimum atomic E-state index is -0.933. The molecule has 4 nitrogen and oxygen atoms in total. The summed E-state index contributed by atoms with van der Waals surface area (Å²) in [6.45, 7) is 3.05. The van der Waals surface area contributed by atoms with Crippen LogP contribution in [-0.4, -0.2) is 21.3 Å². The molecule has 0 radical (unpaired) electrons. The van der Waals surface area contributed by atoms with Crippen molar-refractivity contribution in [2.24, 2.45) is 0 Å². The topological polar surface area (TPSA) is 47.3 Å². The number of rotatable bonds is 5. The fraction of sp³-hybridized carbons (Fsp3) is 0.308. The van der Waals surface area contributed by atoms with E-state index in [2.05, 4.69) is 17.1 Å². The summed E-state index contributed by atoms with van der Waals surface area (Å²) in [5.74, 6) is 0. The smallest absolute Gasteiger partial charge is 0.200 e. The highest BCUT2D eigenvalue weighted by atomic mass is 16.6. The number of aliphatic hydroxyl groups is 1. The SMILES string of the molecule is CCOC(O)c1cn(Cc2ccccc2)cn1. The zero-order chi connectivity index (χ0) is 12.1. The van der Waals surface area contributed by atoms with E-state index in [0.29, 0.717) is 12.3 Å². The quantitative estimate of drug-likeness (QED) is 0.802. The van der Waals surface area contributed by atoms with Gasteiger partial charge in [-0.15, -0.1) is 0 Å². The molecule has 1 N–H and O–H groups in total. The molecule has 17 heavy (non-hydrogen) atoms. The zero-order valence-corrected chi connectivity index (χ0v) is 9.78. The molecular formula is C13H16N2O2. The molecule has 1 aromatic heterocycles. The first-order valence-corrected chi connectivity index (χ1v) is 5.65. The van der Waals surface area contributed by atoms with Crippen molar-refractivity contribution >= 4 is 0 Å². The van der Waals surface area contributed by atoms with Gasteiger partial charge in [0.25, 0.3) is 0 Å². The van der Waals surface area contributed by atoms with Gasteiger partial charge in [0.2, 0.25) is 0 Å². The lowest BCUT2D eigenvalue weighted by molar-refractivity contribution is -0.100. The maximum absolute atomic E-state index is 9.60. The molecule has 0 saturated carbocycles. The normalized spacial score (nSPS) is 12.6. The van der Waals surface area contributed by atoms with Gasteiger partial charge in [0.05, 0.1) is 6.33 Å². The van der Waals surface area contributed by atoms with E-state index in [4.69, 9.17) is 4.74 Å². The number of benzene rings is 1. The number of hydrogen-bond donors (Lipinski definition) is 1. The van der Waals surface area contributed by atoms with Gasteiger partial charge in [-0.2, -0.15) is 0 Å². The van der Waals surface area contributed by atoms with Gasteiger partial charge < -0.3 is 14.4 Å². The van der Waals surface area contributed by atoms with Crippen LogP contribution in [0.3, 0.4) is 0 Å². The average molecular weight is 232 g/mol. The molecule has 1 unspecified atom stereocenters. The highest BCUT2D eigenvalue weighted by molar-refractivity contribution is 5.15. The van der Waals surface area contributed by atoms with E-state index in [-0.39, 0.29) is 0 Å². The lowest BCUT2D eigenvalue weighted by Gasteiger charge is -2.06. The molecule has 0 aliphatic carbocycles. The molecule has 4 heteroatoms. The number of aromatic nitrogens is 2. The van der Waals surface area contributed by atoms with Gasteiger partial charge in [0, 0.05) is 19.3 Å². The third-order valence-corrected chi connectivity index (χ3v) is 2.44. The van der Waals surface area contributed by atoms with Gasteiger partial charge in [-0.05, 0) is 12.5 Å². The van der Waals surface area contributed by atoms with Crippen LogP contribution in [0.15, 0.2) is 42.9 Å². The molecule has 0 amide bonds. The standard InChI is InChI=1S/C13H16N2O2/c1-2-17-13(16)12-9-15(10-14-12)8-11-6-4-3-5-7-11/h3-7,9-10,13,16H,2,8H2,1H3. The number of ether oxygens (including phenoxy) is 1. The summed E-state index contributed by atoms with van der Waals surface area (Å²) in [5, 5.41) is 9.60. The van der Waals surface area contributed by atoms with E-state index in [9.17, 15) is 5.11 Å². The lowest BCUT2D eigenvalue weighted by atomic mass is 10.2. The van der Waals surface area contributed by atoms with E-state index in [1.807, 2.05) is 29.7 Å². The summed E-state index contributed by atoms with van der Waals surface area (Å²) in [6.07, 6.45) is 2.56. The number of nitrogens with zero attached hydrogens (tertiary/aromatic N) is 2. The van der Waals surface area contributed by atoms with Crippen molar-refractivity contribution in [2.75, 3.05) is 6.61 Å². The van der Waals surface area contributed by atoms with Gasteiger partial charge in [-0.25, -0.2) is 4.98 Å². The number of hydrogen-bond acceptors (Lipinski definition) is 3. The Morgan fingerprint density at radius 2 is 2.12 bits per heavy atom. The molecule has 0 spiro atoms. The van der Waals surface area contributed by atoms with Crippen LogP contribution in [0.2, 0.25) is 0 Å². The average Bonchev–Trinajstić information content (AvgIpc) is 2.79. The second-order valence-electron chi connectivity index (χ2n) is 3.76. The Balaban J connectivity index is 2.04. The Morgan fingerprint density at radius 1 is 1.35 bits per heavy atom. The van der Waals surface area contributed by atoms with Crippen molar-refractivity contribution in [3.8, 4) is 0 Å². The molecule has 1 atom stereocenters. The highest BCUT2D eigenvalue weighted by Crippen LogP contribution is 2.12. The van der Waals surface area contributed by atoms with Crippen molar-refractivity contribution in [1.29, 1.82) is 0 Å². The van der Waals surface area contributed by atoms with Gasteiger partial charge >= 0.3 is 0 Å². The summed E-state index contributed by atoms with van der Waals surface area (Å²) >= 11 is 0. The predicted octanol–water partition coefficient (Wildman–Crippen LogP) is 1.96. The summed E-state index contributed by atoms with van der Waals surface area (Å²) < 4.78 is 6.99. The third-order valence-electron chi connectivity index (χ3n) is 2.44. The highest BCUT2D eigenvalue weighted by Gasteiger charge is 2.10. The van der Waals surface area contributed by atoms with Crippen molar-refractivity contribution in [1.82, 2.24) is 9.55 Å². The van der Waals surface area contributed by atoms with Crippen molar-refractivity contribution < 1.29 is 9.84 Å². The molecule has 90 valence electrons. The Labute approximate surface area is 100 Å². The Bertz CT molecular complexity index is 453. The van der Waals surface area contributed by atoms with Crippen molar-refractivity contribution in [3.63, 3.8) is 0 Å². The lowest BCUT2D eigenvalue weighted by Crippen LogP contribution is -2.03. The first kappa shape index (κ1) is 11.8. The molecular weight excluding hydrogens is 216 g/mol. The second kappa shape index (κ2) is 5.61.